The fraction of sp³-hybridized carbons (Fsp3) is 0.462. The highest BCUT2D eigenvalue weighted by atomic mass is 16.5. The van der Waals surface area contributed by atoms with Gasteiger partial charge in [0.1, 0.15) is 0 Å². The van der Waals surface area contributed by atoms with Crippen molar-refractivity contribution >= 4 is 5.97 Å². The second kappa shape index (κ2) is 5.66. The van der Waals surface area contributed by atoms with Crippen molar-refractivity contribution in [3.8, 4) is 0 Å². The zero-order valence-electron chi connectivity index (χ0n) is 9.99. The van der Waals surface area contributed by atoms with Crippen molar-refractivity contribution in [2.24, 2.45) is 5.92 Å². The van der Waals surface area contributed by atoms with E-state index in [1.54, 1.807) is 6.07 Å². The van der Waals surface area contributed by atoms with Gasteiger partial charge in [0.05, 0.1) is 19.3 Å². The van der Waals surface area contributed by atoms with Gasteiger partial charge in [0, 0.05) is 0 Å². The first-order valence-electron chi connectivity index (χ1n) is 5.38. The molecule has 0 fully saturated rings. The molecule has 0 saturated carbocycles. The van der Waals surface area contributed by atoms with Crippen LogP contribution in [-0.4, -0.2) is 18.2 Å². The molecule has 0 aliphatic heterocycles. The third-order valence-corrected chi connectivity index (χ3v) is 2.30. The quantitative estimate of drug-likeness (QED) is 0.794. The van der Waals surface area contributed by atoms with Crippen molar-refractivity contribution in [2.45, 2.75) is 26.9 Å². The van der Waals surface area contributed by atoms with E-state index >= 15 is 0 Å². The van der Waals surface area contributed by atoms with Crippen molar-refractivity contribution in [1.29, 1.82) is 0 Å². The molecule has 0 heterocycles. The highest BCUT2D eigenvalue weighted by Gasteiger charge is 2.09. The van der Waals surface area contributed by atoms with Gasteiger partial charge in [-0.2, -0.15) is 0 Å². The summed E-state index contributed by atoms with van der Waals surface area (Å²) in [5, 5.41) is 9.12. The van der Waals surface area contributed by atoms with E-state index < -0.39 is 0 Å². The minimum absolute atomic E-state index is 0.0596. The lowest BCUT2D eigenvalue weighted by molar-refractivity contribution is 0.0600. The summed E-state index contributed by atoms with van der Waals surface area (Å²) in [5.74, 6) is 0.153. The van der Waals surface area contributed by atoms with Gasteiger partial charge in [0.15, 0.2) is 0 Å². The molecule has 3 heteroatoms. The summed E-state index contributed by atoms with van der Waals surface area (Å²) in [5.41, 5.74) is 2.31. The highest BCUT2D eigenvalue weighted by Crippen LogP contribution is 2.15. The number of aliphatic hydroxyl groups is 1. The predicted molar refractivity (Wildman–Crippen MR) is 62.2 cm³/mol. The summed E-state index contributed by atoms with van der Waals surface area (Å²) in [7, 11) is 1.36. The Hall–Kier alpha value is -1.35. The standard InChI is InChI=1S/C13H18O3/c1-9(2)4-10-5-11(8-14)7-12(6-10)13(15)16-3/h5-7,9,14H,4,8H2,1-3H3. The maximum Gasteiger partial charge on any atom is 0.337 e. The first-order valence-corrected chi connectivity index (χ1v) is 5.38. The molecule has 1 rings (SSSR count). The maximum absolute atomic E-state index is 11.4. The number of aliphatic hydroxyl groups excluding tert-OH is 1. The number of esters is 1. The minimum Gasteiger partial charge on any atom is -0.465 e. The normalized spacial score (nSPS) is 10.6. The van der Waals surface area contributed by atoms with Crippen molar-refractivity contribution in [3.63, 3.8) is 0 Å². The zero-order valence-corrected chi connectivity index (χ0v) is 9.99. The van der Waals surface area contributed by atoms with Gasteiger partial charge in [-0.15, -0.1) is 0 Å². The third-order valence-electron chi connectivity index (χ3n) is 2.30. The van der Waals surface area contributed by atoms with Gasteiger partial charge >= 0.3 is 5.97 Å². The van der Waals surface area contributed by atoms with Gasteiger partial charge < -0.3 is 9.84 Å². The molecule has 0 saturated heterocycles. The number of methoxy groups -OCH3 is 1. The van der Waals surface area contributed by atoms with Crippen LogP contribution in [0.2, 0.25) is 0 Å². The zero-order chi connectivity index (χ0) is 12.1. The Kier molecular flexibility index (Phi) is 4.50. The minimum atomic E-state index is -0.361. The fourth-order valence-electron chi connectivity index (χ4n) is 1.68. The van der Waals surface area contributed by atoms with Crippen LogP contribution in [0.25, 0.3) is 0 Å². The van der Waals surface area contributed by atoms with Gasteiger partial charge in [0.2, 0.25) is 0 Å². The van der Waals surface area contributed by atoms with Crippen LogP contribution in [0.5, 0.6) is 0 Å². The molecule has 3 nitrogen and oxygen atoms in total. The van der Waals surface area contributed by atoms with Crippen molar-refractivity contribution in [2.75, 3.05) is 7.11 Å². The molecule has 0 aliphatic carbocycles. The lowest BCUT2D eigenvalue weighted by Gasteiger charge is -2.09. The molecule has 0 aromatic heterocycles. The molecule has 0 spiro atoms. The molecular weight excluding hydrogens is 204 g/mol. The summed E-state index contributed by atoms with van der Waals surface area (Å²) < 4.78 is 4.68. The fourth-order valence-corrected chi connectivity index (χ4v) is 1.68. The number of rotatable bonds is 4. The van der Waals surface area contributed by atoms with E-state index in [2.05, 4.69) is 18.6 Å². The molecule has 0 radical (unpaired) electrons. The number of carbonyl (C=O) groups excluding carboxylic acids is 1. The molecule has 0 aliphatic rings. The van der Waals surface area contributed by atoms with Crippen molar-refractivity contribution < 1.29 is 14.6 Å². The predicted octanol–water partition coefficient (Wildman–Crippen LogP) is 2.16. The summed E-state index contributed by atoms with van der Waals surface area (Å²) in [6.45, 7) is 4.17. The van der Waals surface area contributed by atoms with E-state index in [9.17, 15) is 4.79 Å². The van der Waals surface area contributed by atoms with Crippen LogP contribution in [0.4, 0.5) is 0 Å². The Balaban J connectivity index is 3.05. The van der Waals surface area contributed by atoms with E-state index in [0.29, 0.717) is 11.5 Å². The smallest absolute Gasteiger partial charge is 0.337 e. The molecule has 0 amide bonds. The van der Waals surface area contributed by atoms with Crippen LogP contribution >= 0.6 is 0 Å². The van der Waals surface area contributed by atoms with Crippen LogP contribution in [0.3, 0.4) is 0 Å². The van der Waals surface area contributed by atoms with Crippen molar-refractivity contribution in [3.05, 3.63) is 34.9 Å². The number of carbonyl (C=O) groups is 1. The molecule has 1 aromatic carbocycles. The van der Waals surface area contributed by atoms with E-state index in [1.807, 2.05) is 12.1 Å². The first-order chi connectivity index (χ1) is 7.56. The maximum atomic E-state index is 11.4. The van der Waals surface area contributed by atoms with E-state index in [-0.39, 0.29) is 12.6 Å². The van der Waals surface area contributed by atoms with E-state index in [1.165, 1.54) is 7.11 Å². The molecule has 0 atom stereocenters. The van der Waals surface area contributed by atoms with Gasteiger partial charge in [-0.05, 0) is 35.6 Å². The Morgan fingerprint density at radius 3 is 2.44 bits per heavy atom. The van der Waals surface area contributed by atoms with Crippen LogP contribution in [-0.2, 0) is 17.8 Å². The lowest BCUT2D eigenvalue weighted by atomic mass is 9.98. The number of benzene rings is 1. The lowest BCUT2D eigenvalue weighted by Crippen LogP contribution is -2.05. The van der Waals surface area contributed by atoms with Gasteiger partial charge in [-0.25, -0.2) is 4.79 Å². The third kappa shape index (κ3) is 3.35. The molecule has 88 valence electrons. The van der Waals surface area contributed by atoms with Crippen LogP contribution in [0.1, 0.15) is 35.3 Å². The van der Waals surface area contributed by atoms with E-state index in [4.69, 9.17) is 5.11 Å². The SMILES string of the molecule is COC(=O)c1cc(CO)cc(CC(C)C)c1. The number of ether oxygens (including phenoxy) is 1. The Bertz CT molecular complexity index is 369. The van der Waals surface area contributed by atoms with Crippen molar-refractivity contribution in [1.82, 2.24) is 0 Å². The molecule has 0 bridgehead atoms. The van der Waals surface area contributed by atoms with Crippen LogP contribution < -0.4 is 0 Å². The molecule has 16 heavy (non-hydrogen) atoms. The summed E-state index contributed by atoms with van der Waals surface area (Å²) in [4.78, 5) is 11.4. The number of hydrogen-bond acceptors (Lipinski definition) is 3. The van der Waals surface area contributed by atoms with E-state index in [0.717, 1.165) is 17.5 Å². The Labute approximate surface area is 96.1 Å². The largest absolute Gasteiger partial charge is 0.465 e. The highest BCUT2D eigenvalue weighted by molar-refractivity contribution is 5.89. The second-order valence-corrected chi connectivity index (χ2v) is 4.29. The second-order valence-electron chi connectivity index (χ2n) is 4.29. The summed E-state index contributed by atoms with van der Waals surface area (Å²) >= 11 is 0. The molecular formula is C13H18O3. The molecule has 1 N–H and O–H groups in total. The Morgan fingerprint density at radius 1 is 1.31 bits per heavy atom. The summed E-state index contributed by atoms with van der Waals surface area (Å²) in [6, 6.07) is 5.41. The van der Waals surface area contributed by atoms with Gasteiger partial charge in [0.25, 0.3) is 0 Å². The van der Waals surface area contributed by atoms with Gasteiger partial charge in [-0.3, -0.25) is 0 Å². The average Bonchev–Trinajstić information content (AvgIpc) is 2.26. The van der Waals surface area contributed by atoms with Crippen LogP contribution in [0, 0.1) is 5.92 Å². The molecule has 0 unspecified atom stereocenters. The first kappa shape index (κ1) is 12.7. The van der Waals surface area contributed by atoms with Crippen LogP contribution in [0.15, 0.2) is 18.2 Å². The summed E-state index contributed by atoms with van der Waals surface area (Å²) in [6.07, 6.45) is 0.887. The topological polar surface area (TPSA) is 46.5 Å². The average molecular weight is 222 g/mol. The molecule has 1 aromatic rings. The monoisotopic (exact) mass is 222 g/mol. The van der Waals surface area contributed by atoms with Gasteiger partial charge in [-0.1, -0.05) is 19.9 Å². The Morgan fingerprint density at radius 2 is 1.94 bits per heavy atom. The number of hydrogen-bond donors (Lipinski definition) is 1.